The first-order valence-corrected chi connectivity index (χ1v) is 8.86. The Morgan fingerprint density at radius 3 is 2.69 bits per heavy atom. The van der Waals surface area contributed by atoms with Gasteiger partial charge in [0.25, 0.3) is 0 Å². The van der Waals surface area contributed by atoms with Crippen molar-refractivity contribution in [1.29, 1.82) is 0 Å². The van der Waals surface area contributed by atoms with Gasteiger partial charge in [-0.25, -0.2) is 9.97 Å². The minimum absolute atomic E-state index is 0.135. The lowest BCUT2D eigenvalue weighted by molar-refractivity contribution is -0.132. The van der Waals surface area contributed by atoms with Crippen LogP contribution < -0.4 is 0 Å². The Labute approximate surface area is 152 Å². The normalized spacial score (nSPS) is 15.3. The molecule has 132 valence electrons. The largest absolute Gasteiger partial charge is 0.340 e. The van der Waals surface area contributed by atoms with Crippen LogP contribution in [-0.2, 0) is 17.8 Å². The van der Waals surface area contributed by atoms with Gasteiger partial charge in [-0.2, -0.15) is 0 Å². The number of hydrogen-bond acceptors (Lipinski definition) is 5. The summed E-state index contributed by atoms with van der Waals surface area (Å²) in [6.45, 7) is 4.13. The Morgan fingerprint density at radius 1 is 1.04 bits per heavy atom. The van der Waals surface area contributed by atoms with E-state index in [1.165, 1.54) is 17.3 Å². The highest BCUT2D eigenvalue weighted by Crippen LogP contribution is 2.15. The minimum atomic E-state index is 0.135. The first-order chi connectivity index (χ1) is 12.8. The van der Waals surface area contributed by atoms with E-state index >= 15 is 0 Å². The lowest BCUT2D eigenvalue weighted by Crippen LogP contribution is -2.48. The monoisotopic (exact) mass is 347 g/mol. The molecule has 1 amide bonds. The summed E-state index contributed by atoms with van der Waals surface area (Å²) in [4.78, 5) is 29.3. The van der Waals surface area contributed by atoms with E-state index in [9.17, 15) is 4.79 Å². The molecule has 0 radical (unpaired) electrons. The van der Waals surface area contributed by atoms with Crippen LogP contribution in [0.25, 0.3) is 10.9 Å². The van der Waals surface area contributed by atoms with Crippen molar-refractivity contribution in [1.82, 2.24) is 24.8 Å². The molecule has 0 bridgehead atoms. The predicted octanol–water partition coefficient (Wildman–Crippen LogP) is 1.91. The van der Waals surface area contributed by atoms with Crippen LogP contribution in [-0.4, -0.2) is 56.8 Å². The molecule has 3 aromatic rings. The highest BCUT2D eigenvalue weighted by molar-refractivity contribution is 5.79. The quantitative estimate of drug-likeness (QED) is 0.721. The third-order valence-corrected chi connectivity index (χ3v) is 4.75. The minimum Gasteiger partial charge on any atom is -0.340 e. The van der Waals surface area contributed by atoms with E-state index < -0.39 is 0 Å². The third kappa shape index (κ3) is 3.86. The number of amides is 1. The molecule has 2 aromatic heterocycles. The Hall–Kier alpha value is -2.86. The number of fused-ring (bicyclic) bond motifs is 1. The lowest BCUT2D eigenvalue weighted by Gasteiger charge is -2.34. The Bertz CT molecular complexity index is 891. The number of pyridine rings is 1. The molecule has 6 nitrogen and oxygen atoms in total. The summed E-state index contributed by atoms with van der Waals surface area (Å²) in [6.07, 6.45) is 5.45. The standard InChI is InChI=1S/C20H21N5O/c26-20(12-18-5-6-21-15-23-18)25-9-7-24(8-10-25)14-16-11-17-3-1-2-4-19(17)22-13-16/h1-6,11,13,15H,7-10,12,14H2. The van der Waals surface area contributed by atoms with Crippen molar-refractivity contribution >= 4 is 16.8 Å². The van der Waals surface area contributed by atoms with Gasteiger partial charge in [-0.3, -0.25) is 14.7 Å². The fourth-order valence-electron chi connectivity index (χ4n) is 3.31. The fourth-order valence-corrected chi connectivity index (χ4v) is 3.31. The van der Waals surface area contributed by atoms with Gasteiger partial charge in [-0.15, -0.1) is 0 Å². The van der Waals surface area contributed by atoms with Crippen molar-refractivity contribution in [2.75, 3.05) is 26.2 Å². The maximum absolute atomic E-state index is 12.4. The Kier molecular flexibility index (Phi) is 4.84. The number of rotatable bonds is 4. The van der Waals surface area contributed by atoms with Gasteiger partial charge < -0.3 is 4.90 Å². The van der Waals surface area contributed by atoms with Gasteiger partial charge >= 0.3 is 0 Å². The molecule has 1 aromatic carbocycles. The molecule has 4 rings (SSSR count). The van der Waals surface area contributed by atoms with Crippen molar-refractivity contribution in [3.8, 4) is 0 Å². The molecule has 3 heterocycles. The van der Waals surface area contributed by atoms with Gasteiger partial charge in [0.05, 0.1) is 17.6 Å². The molecule has 1 fully saturated rings. The zero-order chi connectivity index (χ0) is 17.8. The van der Waals surface area contributed by atoms with Crippen molar-refractivity contribution in [2.24, 2.45) is 0 Å². The Balaban J connectivity index is 1.32. The van der Waals surface area contributed by atoms with E-state index in [0.717, 1.165) is 43.9 Å². The summed E-state index contributed by atoms with van der Waals surface area (Å²) >= 11 is 0. The van der Waals surface area contributed by atoms with E-state index in [1.54, 1.807) is 12.3 Å². The van der Waals surface area contributed by atoms with Crippen LogP contribution in [0.4, 0.5) is 0 Å². The highest BCUT2D eigenvalue weighted by atomic mass is 16.2. The first-order valence-electron chi connectivity index (χ1n) is 8.86. The van der Waals surface area contributed by atoms with Crippen LogP contribution >= 0.6 is 0 Å². The van der Waals surface area contributed by atoms with Gasteiger partial charge in [0.2, 0.25) is 5.91 Å². The van der Waals surface area contributed by atoms with Gasteiger partial charge in [-0.05, 0) is 23.8 Å². The number of carbonyl (C=O) groups is 1. The topological polar surface area (TPSA) is 62.2 Å². The molecule has 1 saturated heterocycles. The van der Waals surface area contributed by atoms with E-state index in [4.69, 9.17) is 0 Å². The van der Waals surface area contributed by atoms with Crippen LogP contribution in [0.3, 0.4) is 0 Å². The van der Waals surface area contributed by atoms with Crippen molar-refractivity contribution < 1.29 is 4.79 Å². The number of benzene rings is 1. The molecule has 0 spiro atoms. The number of carbonyl (C=O) groups excluding carboxylic acids is 1. The summed E-state index contributed by atoms with van der Waals surface area (Å²) in [6, 6.07) is 12.2. The molecule has 26 heavy (non-hydrogen) atoms. The van der Waals surface area contributed by atoms with Crippen LogP contribution in [0, 0.1) is 0 Å². The Morgan fingerprint density at radius 2 is 1.88 bits per heavy atom. The highest BCUT2D eigenvalue weighted by Gasteiger charge is 2.21. The molecule has 1 aliphatic heterocycles. The SMILES string of the molecule is O=C(Cc1ccncn1)N1CCN(Cc2cnc3ccccc3c2)CC1. The number of piperazine rings is 1. The van der Waals surface area contributed by atoms with Crippen molar-refractivity contribution in [3.05, 3.63) is 66.4 Å². The second-order valence-corrected chi connectivity index (χ2v) is 6.57. The number of aromatic nitrogens is 3. The molecule has 0 unspecified atom stereocenters. The summed E-state index contributed by atoms with van der Waals surface area (Å²) in [5.41, 5.74) is 3.01. The number of nitrogens with zero attached hydrogens (tertiary/aromatic N) is 5. The molecule has 0 aliphatic carbocycles. The first kappa shape index (κ1) is 16.6. The average Bonchev–Trinajstić information content (AvgIpc) is 2.69. The maximum atomic E-state index is 12.4. The van der Waals surface area contributed by atoms with Crippen LogP contribution in [0.5, 0.6) is 0 Å². The van der Waals surface area contributed by atoms with E-state index in [0.29, 0.717) is 6.42 Å². The van der Waals surface area contributed by atoms with Gasteiger partial charge in [0, 0.05) is 50.5 Å². The summed E-state index contributed by atoms with van der Waals surface area (Å²) < 4.78 is 0. The lowest BCUT2D eigenvalue weighted by atomic mass is 10.1. The zero-order valence-electron chi connectivity index (χ0n) is 14.6. The second-order valence-electron chi connectivity index (χ2n) is 6.57. The summed E-state index contributed by atoms with van der Waals surface area (Å²) in [5, 5.41) is 1.17. The molecular formula is C20H21N5O. The van der Waals surface area contributed by atoms with Crippen LogP contribution in [0.1, 0.15) is 11.3 Å². The second kappa shape index (κ2) is 7.58. The van der Waals surface area contributed by atoms with Crippen LogP contribution in [0.15, 0.2) is 55.1 Å². The molecular weight excluding hydrogens is 326 g/mol. The van der Waals surface area contributed by atoms with E-state index in [-0.39, 0.29) is 5.91 Å². The molecule has 0 N–H and O–H groups in total. The summed E-state index contributed by atoms with van der Waals surface area (Å²) in [7, 11) is 0. The van der Waals surface area contributed by atoms with E-state index in [2.05, 4.69) is 32.0 Å². The summed E-state index contributed by atoms with van der Waals surface area (Å²) in [5.74, 6) is 0.135. The molecule has 0 saturated carbocycles. The predicted molar refractivity (Wildman–Crippen MR) is 99.3 cm³/mol. The van der Waals surface area contributed by atoms with Crippen molar-refractivity contribution in [3.63, 3.8) is 0 Å². The molecule has 0 atom stereocenters. The number of hydrogen-bond donors (Lipinski definition) is 0. The maximum Gasteiger partial charge on any atom is 0.228 e. The average molecular weight is 347 g/mol. The smallest absolute Gasteiger partial charge is 0.228 e. The zero-order valence-corrected chi connectivity index (χ0v) is 14.6. The van der Waals surface area contributed by atoms with Gasteiger partial charge in [0.15, 0.2) is 0 Å². The van der Waals surface area contributed by atoms with Gasteiger partial charge in [0.1, 0.15) is 6.33 Å². The number of para-hydroxylation sites is 1. The fraction of sp³-hybridized carbons (Fsp3) is 0.300. The molecule has 1 aliphatic rings. The van der Waals surface area contributed by atoms with Crippen molar-refractivity contribution in [2.45, 2.75) is 13.0 Å². The molecule has 6 heteroatoms. The van der Waals surface area contributed by atoms with Crippen LogP contribution in [0.2, 0.25) is 0 Å². The van der Waals surface area contributed by atoms with Gasteiger partial charge in [-0.1, -0.05) is 18.2 Å². The van der Waals surface area contributed by atoms with E-state index in [1.807, 2.05) is 29.3 Å². The third-order valence-electron chi connectivity index (χ3n) is 4.75.